The quantitative estimate of drug-likeness (QED) is 0.132. The molecule has 4 aromatic rings. The number of benzene rings is 4. The van der Waals surface area contributed by atoms with Crippen LogP contribution >= 0.6 is 11.8 Å². The van der Waals surface area contributed by atoms with Crippen LogP contribution in [-0.4, -0.2) is 17.6 Å². The van der Waals surface area contributed by atoms with Crippen LogP contribution < -0.4 is 5.32 Å². The fourth-order valence-corrected chi connectivity index (χ4v) is 5.58. The van der Waals surface area contributed by atoms with Crippen molar-refractivity contribution >= 4 is 23.5 Å². The number of non-ortho nitro benzene ring substituents is 1. The summed E-state index contributed by atoms with van der Waals surface area (Å²) in [6.07, 6.45) is 1.42. The number of nitro benzene ring substituents is 1. The first kappa shape index (κ1) is 26.7. The summed E-state index contributed by atoms with van der Waals surface area (Å²) < 4.78 is 4.78. The molecule has 6 nitrogen and oxygen atoms in total. The van der Waals surface area contributed by atoms with Crippen molar-refractivity contribution in [2.75, 3.05) is 6.54 Å². The maximum absolute atomic E-state index is 12.2. The molecule has 0 aliphatic rings. The van der Waals surface area contributed by atoms with Crippen molar-refractivity contribution in [3.63, 3.8) is 0 Å². The molecule has 4 rings (SSSR count). The number of carbonyl (C=O) groups excluding carboxylic acids is 1. The van der Waals surface area contributed by atoms with Gasteiger partial charge in [0.15, 0.2) is 0 Å². The second-order valence-electron chi connectivity index (χ2n) is 8.58. The molecule has 38 heavy (non-hydrogen) atoms. The Hall–Kier alpha value is -4.36. The maximum Gasteiger partial charge on any atom is 0.407 e. The van der Waals surface area contributed by atoms with Crippen LogP contribution in [-0.2, 0) is 16.1 Å². The molecule has 7 heteroatoms. The van der Waals surface area contributed by atoms with Gasteiger partial charge in [-0.2, -0.15) is 0 Å². The summed E-state index contributed by atoms with van der Waals surface area (Å²) in [5.74, 6) is 0. The fraction of sp³-hybridized carbons (Fsp3) is 0.129. The molecule has 0 fully saturated rings. The van der Waals surface area contributed by atoms with Crippen molar-refractivity contribution in [2.45, 2.75) is 18.3 Å². The molecule has 0 spiro atoms. The summed E-state index contributed by atoms with van der Waals surface area (Å²) in [4.78, 5) is 23.6. The zero-order valence-corrected chi connectivity index (χ0v) is 21.8. The number of thioether (sulfide) groups is 1. The number of carbonyl (C=O) groups is 1. The van der Waals surface area contributed by atoms with Crippen LogP contribution in [0.5, 0.6) is 0 Å². The standard InChI is InChI=1S/C31H28N2O4S/c1-24(21-22-32-30(34)37-23-25-17-19-29(20-18-25)33(35)36)38-31(26-11-5-2-6-12-26,27-13-7-3-8-14-27)28-15-9-4-10-16-28/h2-21H,22-23H2,1H3,(H,32,34)/b24-21+. The van der Waals surface area contributed by atoms with E-state index in [4.69, 9.17) is 4.74 Å². The molecule has 0 atom stereocenters. The van der Waals surface area contributed by atoms with Gasteiger partial charge < -0.3 is 10.1 Å². The van der Waals surface area contributed by atoms with E-state index in [1.54, 1.807) is 23.9 Å². The third-order valence-corrected chi connectivity index (χ3v) is 7.51. The molecular formula is C31H28N2O4S. The van der Waals surface area contributed by atoms with Crippen molar-refractivity contribution in [3.05, 3.63) is 159 Å². The highest BCUT2D eigenvalue weighted by Crippen LogP contribution is 2.51. The van der Waals surface area contributed by atoms with E-state index in [0.29, 0.717) is 12.1 Å². The van der Waals surface area contributed by atoms with Crippen molar-refractivity contribution in [3.8, 4) is 0 Å². The Morgan fingerprint density at radius 2 is 1.32 bits per heavy atom. The van der Waals surface area contributed by atoms with Gasteiger partial charge >= 0.3 is 6.09 Å². The van der Waals surface area contributed by atoms with Crippen molar-refractivity contribution in [1.82, 2.24) is 5.32 Å². The average Bonchev–Trinajstić information content (AvgIpc) is 2.96. The minimum absolute atomic E-state index is 0.00565. The molecule has 0 aliphatic carbocycles. The Bertz CT molecular complexity index is 1280. The monoisotopic (exact) mass is 524 g/mol. The highest BCUT2D eigenvalue weighted by atomic mass is 32.2. The van der Waals surface area contributed by atoms with E-state index in [0.717, 1.165) is 21.6 Å². The summed E-state index contributed by atoms with van der Waals surface area (Å²) in [6, 6.07) is 37.2. The molecule has 4 aromatic carbocycles. The summed E-state index contributed by atoms with van der Waals surface area (Å²) >= 11 is 1.73. The van der Waals surface area contributed by atoms with Crippen molar-refractivity contribution in [1.29, 1.82) is 0 Å². The summed E-state index contributed by atoms with van der Waals surface area (Å²) in [7, 11) is 0. The van der Waals surface area contributed by atoms with Crippen molar-refractivity contribution < 1.29 is 14.5 Å². The lowest BCUT2D eigenvalue weighted by molar-refractivity contribution is -0.384. The molecule has 0 aromatic heterocycles. The lowest BCUT2D eigenvalue weighted by Gasteiger charge is -2.35. The average molecular weight is 525 g/mol. The molecule has 0 heterocycles. The molecule has 0 radical (unpaired) electrons. The fourth-order valence-electron chi connectivity index (χ4n) is 4.17. The highest BCUT2D eigenvalue weighted by molar-refractivity contribution is 8.04. The molecule has 1 N–H and O–H groups in total. The van der Waals surface area contributed by atoms with E-state index in [9.17, 15) is 14.9 Å². The van der Waals surface area contributed by atoms with Crippen LogP contribution in [0.2, 0.25) is 0 Å². The summed E-state index contributed by atoms with van der Waals surface area (Å²) in [5.41, 5.74) is 4.14. The number of amides is 1. The van der Waals surface area contributed by atoms with Crippen LogP contribution in [0.25, 0.3) is 0 Å². The molecule has 0 unspecified atom stereocenters. The van der Waals surface area contributed by atoms with Crippen molar-refractivity contribution in [2.24, 2.45) is 0 Å². The van der Waals surface area contributed by atoms with Gasteiger partial charge in [0.05, 0.1) is 9.67 Å². The molecule has 0 bridgehead atoms. The zero-order valence-electron chi connectivity index (χ0n) is 20.9. The number of hydrogen-bond acceptors (Lipinski definition) is 5. The minimum atomic E-state index is -0.558. The van der Waals surface area contributed by atoms with Crippen LogP contribution in [0.15, 0.2) is 126 Å². The van der Waals surface area contributed by atoms with Gasteiger partial charge in [0, 0.05) is 18.7 Å². The summed E-state index contributed by atoms with van der Waals surface area (Å²) in [5, 5.41) is 13.5. The van der Waals surface area contributed by atoms with Gasteiger partial charge in [0.1, 0.15) is 6.61 Å². The second kappa shape index (κ2) is 12.7. The third kappa shape index (κ3) is 6.49. The SMILES string of the molecule is C/C(=C\CNC(=O)OCc1ccc([N+](=O)[O-])cc1)SC(c1ccccc1)(c1ccccc1)c1ccccc1. The lowest BCUT2D eigenvalue weighted by atomic mass is 9.84. The number of nitrogens with one attached hydrogen (secondary N) is 1. The van der Waals surface area contributed by atoms with Gasteiger partial charge in [-0.25, -0.2) is 4.79 Å². The Morgan fingerprint density at radius 3 is 1.76 bits per heavy atom. The van der Waals surface area contributed by atoms with Gasteiger partial charge in [-0.1, -0.05) is 97.1 Å². The number of nitro groups is 1. The predicted octanol–water partition coefficient (Wildman–Crippen LogP) is 7.45. The van der Waals surface area contributed by atoms with E-state index in [2.05, 4.69) is 78.1 Å². The van der Waals surface area contributed by atoms with Gasteiger partial charge in [-0.3, -0.25) is 10.1 Å². The Morgan fingerprint density at radius 1 is 0.842 bits per heavy atom. The Kier molecular flexibility index (Phi) is 8.95. The molecule has 0 aliphatic heterocycles. The maximum atomic E-state index is 12.2. The largest absolute Gasteiger partial charge is 0.445 e. The molecule has 1 amide bonds. The minimum Gasteiger partial charge on any atom is -0.445 e. The Labute approximate surface area is 226 Å². The van der Waals surface area contributed by atoms with Crippen LogP contribution in [0, 0.1) is 10.1 Å². The second-order valence-corrected chi connectivity index (χ2v) is 10.0. The smallest absolute Gasteiger partial charge is 0.407 e. The van der Waals surface area contributed by atoms with E-state index in [-0.39, 0.29) is 12.3 Å². The van der Waals surface area contributed by atoms with Crippen LogP contribution in [0.1, 0.15) is 29.2 Å². The predicted molar refractivity (Wildman–Crippen MR) is 152 cm³/mol. The van der Waals surface area contributed by atoms with E-state index in [1.165, 1.54) is 12.1 Å². The van der Waals surface area contributed by atoms with Gasteiger partial charge in [0.2, 0.25) is 0 Å². The Balaban J connectivity index is 1.49. The highest BCUT2D eigenvalue weighted by Gasteiger charge is 2.37. The summed E-state index contributed by atoms with van der Waals surface area (Å²) in [6.45, 7) is 2.37. The number of ether oxygens (including phenoxy) is 1. The first-order valence-corrected chi connectivity index (χ1v) is 13.0. The van der Waals surface area contributed by atoms with Crippen LogP contribution in [0.3, 0.4) is 0 Å². The molecule has 192 valence electrons. The van der Waals surface area contributed by atoms with Gasteiger partial charge in [0.25, 0.3) is 5.69 Å². The first-order valence-electron chi connectivity index (χ1n) is 12.2. The normalized spacial score (nSPS) is 11.6. The van der Waals surface area contributed by atoms with E-state index < -0.39 is 15.8 Å². The number of allylic oxidation sites excluding steroid dienone is 1. The first-order chi connectivity index (χ1) is 18.5. The lowest BCUT2D eigenvalue weighted by Crippen LogP contribution is -2.26. The van der Waals surface area contributed by atoms with E-state index >= 15 is 0 Å². The molecular weight excluding hydrogens is 496 g/mol. The number of hydrogen-bond donors (Lipinski definition) is 1. The van der Waals surface area contributed by atoms with Gasteiger partial charge in [-0.05, 0) is 46.2 Å². The van der Waals surface area contributed by atoms with Crippen LogP contribution in [0.4, 0.5) is 10.5 Å². The topological polar surface area (TPSA) is 81.5 Å². The number of alkyl carbamates (subject to hydrolysis) is 1. The number of nitrogens with zero attached hydrogens (tertiary/aromatic N) is 1. The molecule has 0 saturated carbocycles. The third-order valence-electron chi connectivity index (χ3n) is 6.01. The molecule has 0 saturated heterocycles. The zero-order chi connectivity index (χ0) is 26.8. The van der Waals surface area contributed by atoms with E-state index in [1.807, 2.05) is 31.2 Å². The van der Waals surface area contributed by atoms with Gasteiger partial charge in [-0.15, -0.1) is 11.8 Å². The number of rotatable bonds is 10.